The number of amides is 1. The highest BCUT2D eigenvalue weighted by Gasteiger charge is 2.49. The Morgan fingerprint density at radius 1 is 0.796 bits per heavy atom. The number of allylic oxidation sites excluding steroid dienone is 1. The van der Waals surface area contributed by atoms with Crippen LogP contribution in [0.25, 0.3) is 0 Å². The molecule has 11 nitrogen and oxygen atoms in total. The number of carbonyl (C=O) groups is 5. The smallest absolute Gasteiger partial charge is 0.337 e. The molecule has 0 unspecified atom stereocenters. The van der Waals surface area contributed by atoms with Crippen molar-refractivity contribution in [3.63, 3.8) is 0 Å². The fraction of sp³-hybridized carbons (Fsp3) is 0.500. The predicted octanol–water partition coefficient (Wildman–Crippen LogP) is 6.11. The molecule has 0 bridgehead atoms. The molecule has 49 heavy (non-hydrogen) atoms. The molecule has 3 atom stereocenters. The first-order valence-corrected chi connectivity index (χ1v) is 17.1. The summed E-state index contributed by atoms with van der Waals surface area (Å²) in [5.74, 6) is -7.16. The molecule has 0 saturated carbocycles. The highest BCUT2D eigenvalue weighted by atomic mass is 16.5. The first kappa shape index (κ1) is 40.7. The summed E-state index contributed by atoms with van der Waals surface area (Å²) in [5.41, 5.74) is -1.51. The predicted molar refractivity (Wildman–Crippen MR) is 184 cm³/mol. The quantitative estimate of drug-likeness (QED) is 0.0573. The van der Waals surface area contributed by atoms with E-state index in [2.05, 4.69) is 12.2 Å². The monoisotopic (exact) mass is 681 g/mol. The van der Waals surface area contributed by atoms with Gasteiger partial charge in [0.25, 0.3) is 0 Å². The Balaban J connectivity index is 1.98. The van der Waals surface area contributed by atoms with Crippen LogP contribution in [0.2, 0.25) is 0 Å². The van der Waals surface area contributed by atoms with Crippen molar-refractivity contribution in [1.29, 1.82) is 0 Å². The second-order valence-electron chi connectivity index (χ2n) is 12.4. The standard InChI is InChI=1S/C38H51NO10/c1-2-3-4-7-13-18-30(40)19-14-8-5-6-9-15-20-32(38(48,37(46)47)26-34(41)42)35(43)39-33(36(44)45)25-28-21-23-31(24-22-28)49-27-29-16-11-10-12-17-29/h10-12,15-17,20-24,32-33,48H,2-9,13-14,18-19,25-27H2,1H3,(H,39,43)(H,41,42)(H,44,45)(H,46,47)/t32-,33+,38+/m1/s1. The Morgan fingerprint density at radius 2 is 1.41 bits per heavy atom. The summed E-state index contributed by atoms with van der Waals surface area (Å²) in [6.45, 7) is 2.49. The number of ether oxygens (including phenoxy) is 1. The van der Waals surface area contributed by atoms with E-state index >= 15 is 0 Å². The lowest BCUT2D eigenvalue weighted by atomic mass is 9.82. The van der Waals surface area contributed by atoms with Crippen LogP contribution >= 0.6 is 0 Å². The van der Waals surface area contributed by atoms with Crippen molar-refractivity contribution in [3.05, 3.63) is 77.9 Å². The fourth-order valence-electron chi connectivity index (χ4n) is 5.39. The molecule has 0 aromatic heterocycles. The molecule has 0 heterocycles. The van der Waals surface area contributed by atoms with E-state index in [1.807, 2.05) is 30.3 Å². The number of rotatable bonds is 26. The Labute approximate surface area is 288 Å². The minimum absolute atomic E-state index is 0.164. The van der Waals surface area contributed by atoms with Gasteiger partial charge in [0.15, 0.2) is 5.60 Å². The Bertz CT molecular complexity index is 1360. The highest BCUT2D eigenvalue weighted by molar-refractivity contribution is 5.94. The Hall–Kier alpha value is -4.51. The lowest BCUT2D eigenvalue weighted by molar-refractivity contribution is -0.172. The van der Waals surface area contributed by atoms with Crippen LogP contribution in [0.1, 0.15) is 102 Å². The number of carboxylic acids is 3. The second-order valence-corrected chi connectivity index (χ2v) is 12.4. The van der Waals surface area contributed by atoms with Crippen LogP contribution < -0.4 is 10.1 Å². The summed E-state index contributed by atoms with van der Waals surface area (Å²) in [6, 6.07) is 14.6. The van der Waals surface area contributed by atoms with Crippen molar-refractivity contribution in [1.82, 2.24) is 5.32 Å². The third kappa shape index (κ3) is 15.5. The third-order valence-electron chi connectivity index (χ3n) is 8.28. The number of carbonyl (C=O) groups excluding carboxylic acids is 2. The average molecular weight is 682 g/mol. The maximum atomic E-state index is 13.4. The fourth-order valence-corrected chi connectivity index (χ4v) is 5.39. The van der Waals surface area contributed by atoms with Gasteiger partial charge >= 0.3 is 17.9 Å². The van der Waals surface area contributed by atoms with Gasteiger partial charge in [0.1, 0.15) is 24.2 Å². The molecule has 0 radical (unpaired) electrons. The van der Waals surface area contributed by atoms with E-state index in [-0.39, 0.29) is 12.2 Å². The summed E-state index contributed by atoms with van der Waals surface area (Å²) in [7, 11) is 0. The van der Waals surface area contributed by atoms with Gasteiger partial charge in [0.05, 0.1) is 12.3 Å². The molecule has 1 amide bonds. The number of hydrogen-bond acceptors (Lipinski definition) is 7. The summed E-state index contributed by atoms with van der Waals surface area (Å²) in [4.78, 5) is 61.1. The zero-order valence-electron chi connectivity index (χ0n) is 28.4. The van der Waals surface area contributed by atoms with Crippen LogP contribution in [0.3, 0.4) is 0 Å². The molecule has 0 fully saturated rings. The summed E-state index contributed by atoms with van der Waals surface area (Å²) < 4.78 is 5.75. The largest absolute Gasteiger partial charge is 0.489 e. The maximum Gasteiger partial charge on any atom is 0.337 e. The number of aliphatic hydroxyl groups is 1. The molecule has 0 saturated heterocycles. The van der Waals surface area contributed by atoms with Crippen LogP contribution in [0.4, 0.5) is 0 Å². The number of Topliss-reactive ketones (excluding diaryl/α,β-unsaturated/α-hetero) is 1. The van der Waals surface area contributed by atoms with Crippen LogP contribution in [0.5, 0.6) is 5.75 Å². The van der Waals surface area contributed by atoms with Gasteiger partial charge in [-0.25, -0.2) is 9.59 Å². The molecule has 2 rings (SSSR count). The molecule has 2 aromatic carbocycles. The Kier molecular flexibility index (Phi) is 18.4. The van der Waals surface area contributed by atoms with E-state index in [1.54, 1.807) is 24.3 Å². The first-order valence-electron chi connectivity index (χ1n) is 17.1. The number of unbranched alkanes of at least 4 members (excludes halogenated alkanes) is 8. The third-order valence-corrected chi connectivity index (χ3v) is 8.28. The van der Waals surface area contributed by atoms with E-state index < -0.39 is 47.8 Å². The van der Waals surface area contributed by atoms with E-state index in [0.717, 1.165) is 56.6 Å². The van der Waals surface area contributed by atoms with Crippen LogP contribution in [-0.2, 0) is 37.0 Å². The van der Waals surface area contributed by atoms with Crippen LogP contribution in [0, 0.1) is 5.92 Å². The molecule has 0 aliphatic rings. The molecule has 11 heteroatoms. The molecule has 2 aromatic rings. The molecule has 0 spiro atoms. The number of nitrogens with one attached hydrogen (secondary N) is 1. The summed E-state index contributed by atoms with van der Waals surface area (Å²) in [6.07, 6.45) is 11.2. The zero-order valence-corrected chi connectivity index (χ0v) is 28.4. The summed E-state index contributed by atoms with van der Waals surface area (Å²) >= 11 is 0. The van der Waals surface area contributed by atoms with Gasteiger partial charge in [-0.2, -0.15) is 0 Å². The summed E-state index contributed by atoms with van der Waals surface area (Å²) in [5, 5.41) is 42.2. The number of aliphatic carboxylic acids is 3. The molecule has 268 valence electrons. The van der Waals surface area contributed by atoms with Gasteiger partial charge in [-0.1, -0.05) is 100 Å². The molecule has 5 N–H and O–H groups in total. The van der Waals surface area contributed by atoms with Gasteiger partial charge in [-0.05, 0) is 48.9 Å². The number of benzene rings is 2. The van der Waals surface area contributed by atoms with E-state index in [4.69, 9.17) is 4.74 Å². The van der Waals surface area contributed by atoms with Crippen molar-refractivity contribution in [2.75, 3.05) is 0 Å². The Morgan fingerprint density at radius 3 is 1.98 bits per heavy atom. The molecular formula is C38H51NO10. The van der Waals surface area contributed by atoms with Crippen molar-refractivity contribution in [2.24, 2.45) is 5.92 Å². The van der Waals surface area contributed by atoms with Gasteiger partial charge in [-0.3, -0.25) is 14.4 Å². The normalized spacial score (nSPS) is 13.7. The van der Waals surface area contributed by atoms with Gasteiger partial charge in [0.2, 0.25) is 5.91 Å². The first-order chi connectivity index (χ1) is 23.5. The van der Waals surface area contributed by atoms with Crippen molar-refractivity contribution in [3.8, 4) is 5.75 Å². The zero-order chi connectivity index (χ0) is 36.1. The average Bonchev–Trinajstić information content (AvgIpc) is 3.06. The minimum atomic E-state index is -3.02. The number of hydrogen-bond donors (Lipinski definition) is 5. The van der Waals surface area contributed by atoms with Gasteiger partial charge < -0.3 is 30.5 Å². The van der Waals surface area contributed by atoms with Crippen molar-refractivity contribution >= 4 is 29.6 Å². The van der Waals surface area contributed by atoms with Crippen LogP contribution in [0.15, 0.2) is 66.7 Å². The maximum absolute atomic E-state index is 13.4. The lowest BCUT2D eigenvalue weighted by Crippen LogP contribution is -2.55. The van der Waals surface area contributed by atoms with Crippen LogP contribution in [-0.4, -0.2) is 61.7 Å². The van der Waals surface area contributed by atoms with Crippen molar-refractivity contribution < 1.29 is 49.1 Å². The SMILES string of the molecule is CCCCCCCC(=O)CCCCCCC=C[C@H](C(=O)N[C@@H](Cc1ccc(OCc2ccccc2)cc1)C(=O)O)[C@@](O)(CC(=O)O)C(=O)O. The number of carboxylic acid groups (broad SMARTS) is 3. The lowest BCUT2D eigenvalue weighted by Gasteiger charge is -2.29. The second kappa shape index (κ2) is 22.2. The van der Waals surface area contributed by atoms with E-state index in [1.165, 1.54) is 12.5 Å². The molecule has 0 aliphatic heterocycles. The molecular weight excluding hydrogens is 630 g/mol. The van der Waals surface area contributed by atoms with E-state index in [0.29, 0.717) is 43.6 Å². The number of ketones is 1. The van der Waals surface area contributed by atoms with E-state index in [9.17, 15) is 44.4 Å². The van der Waals surface area contributed by atoms with Gasteiger partial charge in [0, 0.05) is 19.3 Å². The minimum Gasteiger partial charge on any atom is -0.489 e. The molecule has 0 aliphatic carbocycles. The topological polar surface area (TPSA) is 188 Å². The van der Waals surface area contributed by atoms with Crippen molar-refractivity contribution in [2.45, 2.75) is 115 Å². The highest BCUT2D eigenvalue weighted by Crippen LogP contribution is 2.26. The van der Waals surface area contributed by atoms with Gasteiger partial charge in [-0.15, -0.1) is 0 Å².